The normalized spacial score (nSPS) is 16.0. The van der Waals surface area contributed by atoms with Crippen molar-refractivity contribution in [2.45, 2.75) is 11.8 Å². The summed E-state index contributed by atoms with van der Waals surface area (Å²) in [5, 5.41) is 1.70. The number of piperazine rings is 1. The number of sulfonamides is 1. The third-order valence-corrected chi connectivity index (χ3v) is 6.82. The highest BCUT2D eigenvalue weighted by Crippen LogP contribution is 2.25. The van der Waals surface area contributed by atoms with Crippen molar-refractivity contribution in [2.24, 2.45) is 0 Å². The number of methoxy groups -OCH3 is 1. The van der Waals surface area contributed by atoms with Crippen molar-refractivity contribution in [3.8, 4) is 5.75 Å². The second-order valence-corrected chi connectivity index (χ2v) is 8.33. The molecule has 134 valence electrons. The Labute approximate surface area is 150 Å². The number of amides is 1. The van der Waals surface area contributed by atoms with E-state index in [1.54, 1.807) is 48.0 Å². The summed E-state index contributed by atoms with van der Waals surface area (Å²) >= 11 is 1.36. The van der Waals surface area contributed by atoms with Gasteiger partial charge in [0.2, 0.25) is 10.0 Å². The van der Waals surface area contributed by atoms with Crippen LogP contribution in [-0.2, 0) is 10.0 Å². The van der Waals surface area contributed by atoms with Crippen LogP contribution in [0.1, 0.15) is 16.1 Å². The Morgan fingerprint density at radius 2 is 1.96 bits per heavy atom. The first kappa shape index (κ1) is 17.8. The van der Waals surface area contributed by atoms with E-state index in [4.69, 9.17) is 4.74 Å². The summed E-state index contributed by atoms with van der Waals surface area (Å²) in [6.07, 6.45) is 0. The summed E-state index contributed by atoms with van der Waals surface area (Å²) in [5.74, 6) is 0.467. The number of ether oxygens (including phenoxy) is 1. The molecule has 0 spiro atoms. The first-order chi connectivity index (χ1) is 11.9. The Hall–Kier alpha value is -1.97. The van der Waals surface area contributed by atoms with Gasteiger partial charge in [-0.3, -0.25) is 4.79 Å². The number of carbonyl (C=O) groups excluding carboxylic acids is 1. The lowest BCUT2D eigenvalue weighted by molar-refractivity contribution is 0.0692. The van der Waals surface area contributed by atoms with Gasteiger partial charge in [-0.1, -0.05) is 0 Å². The van der Waals surface area contributed by atoms with Crippen LogP contribution in [0.2, 0.25) is 0 Å². The molecule has 0 atom stereocenters. The van der Waals surface area contributed by atoms with Crippen LogP contribution in [-0.4, -0.2) is 61.8 Å². The summed E-state index contributed by atoms with van der Waals surface area (Å²) in [5.41, 5.74) is 2.66. The lowest BCUT2D eigenvalue weighted by Gasteiger charge is -2.34. The predicted octanol–water partition coefficient (Wildman–Crippen LogP) is 1.61. The number of nitrogens with zero attached hydrogens (tertiary/aromatic N) is 3. The van der Waals surface area contributed by atoms with Crippen LogP contribution in [0.25, 0.3) is 0 Å². The molecular weight excluding hydrogens is 362 g/mol. The molecule has 2 aromatic rings. The number of hydrogen-bond acceptors (Lipinski definition) is 6. The van der Waals surface area contributed by atoms with Crippen molar-refractivity contribution in [2.75, 3.05) is 33.3 Å². The van der Waals surface area contributed by atoms with E-state index in [1.165, 1.54) is 15.6 Å². The molecule has 1 aliphatic heterocycles. The zero-order chi connectivity index (χ0) is 18.0. The molecule has 0 unspecified atom stereocenters. The van der Waals surface area contributed by atoms with E-state index >= 15 is 0 Å². The van der Waals surface area contributed by atoms with E-state index in [0.717, 1.165) is 0 Å². The van der Waals surface area contributed by atoms with E-state index < -0.39 is 10.0 Å². The van der Waals surface area contributed by atoms with Gasteiger partial charge < -0.3 is 9.64 Å². The van der Waals surface area contributed by atoms with Crippen molar-refractivity contribution < 1.29 is 17.9 Å². The fourth-order valence-corrected chi connectivity index (χ4v) is 4.94. The minimum atomic E-state index is -3.59. The molecule has 0 bridgehead atoms. The third kappa shape index (κ3) is 3.53. The number of benzene rings is 1. The first-order valence-corrected chi connectivity index (χ1v) is 10.1. The third-order valence-electron chi connectivity index (χ3n) is 4.18. The van der Waals surface area contributed by atoms with Crippen molar-refractivity contribution in [3.63, 3.8) is 0 Å². The van der Waals surface area contributed by atoms with Crippen molar-refractivity contribution in [3.05, 3.63) is 40.3 Å². The molecule has 0 aliphatic carbocycles. The van der Waals surface area contributed by atoms with Crippen LogP contribution in [0.15, 0.2) is 34.0 Å². The van der Waals surface area contributed by atoms with Crippen molar-refractivity contribution in [1.29, 1.82) is 0 Å². The van der Waals surface area contributed by atoms with Gasteiger partial charge in [0.05, 0.1) is 17.5 Å². The number of thiazole rings is 1. The average Bonchev–Trinajstić information content (AvgIpc) is 3.15. The maximum atomic E-state index is 12.9. The molecule has 1 aromatic carbocycles. The van der Waals surface area contributed by atoms with Gasteiger partial charge in [-0.05, 0) is 30.7 Å². The molecule has 2 heterocycles. The molecule has 0 N–H and O–H groups in total. The molecule has 1 saturated heterocycles. The fourth-order valence-electron chi connectivity index (χ4n) is 2.79. The molecule has 1 amide bonds. The number of carbonyl (C=O) groups is 1. The van der Waals surface area contributed by atoms with Gasteiger partial charge in [-0.2, -0.15) is 4.31 Å². The highest BCUT2D eigenvalue weighted by molar-refractivity contribution is 7.89. The second kappa shape index (κ2) is 7.11. The summed E-state index contributed by atoms with van der Waals surface area (Å²) in [4.78, 5) is 18.2. The Bertz CT molecular complexity index is 858. The molecule has 7 nitrogen and oxygen atoms in total. The molecule has 25 heavy (non-hydrogen) atoms. The van der Waals surface area contributed by atoms with Gasteiger partial charge in [0.25, 0.3) is 5.91 Å². The quantitative estimate of drug-likeness (QED) is 0.804. The summed E-state index contributed by atoms with van der Waals surface area (Å²) < 4.78 is 32.3. The van der Waals surface area contributed by atoms with E-state index in [-0.39, 0.29) is 23.9 Å². The van der Waals surface area contributed by atoms with Gasteiger partial charge in [-0.25, -0.2) is 13.4 Å². The topological polar surface area (TPSA) is 79.8 Å². The van der Waals surface area contributed by atoms with Gasteiger partial charge >= 0.3 is 0 Å². The molecule has 1 fully saturated rings. The average molecular weight is 381 g/mol. The molecule has 9 heteroatoms. The molecule has 1 aromatic heterocycles. The minimum Gasteiger partial charge on any atom is -0.497 e. The maximum absolute atomic E-state index is 12.9. The smallest absolute Gasteiger partial charge is 0.273 e. The van der Waals surface area contributed by atoms with Crippen molar-refractivity contribution in [1.82, 2.24) is 14.2 Å². The van der Waals surface area contributed by atoms with Crippen LogP contribution in [0, 0.1) is 6.92 Å². The van der Waals surface area contributed by atoms with E-state index in [9.17, 15) is 13.2 Å². The lowest BCUT2D eigenvalue weighted by atomic mass is 10.2. The summed E-state index contributed by atoms with van der Waals surface area (Å²) in [6, 6.07) is 4.91. The van der Waals surface area contributed by atoms with Gasteiger partial charge in [0.15, 0.2) is 0 Å². The van der Waals surface area contributed by atoms with Crippen molar-refractivity contribution >= 4 is 27.3 Å². The zero-order valence-electron chi connectivity index (χ0n) is 14.0. The first-order valence-electron chi connectivity index (χ1n) is 7.75. The van der Waals surface area contributed by atoms with Gasteiger partial charge in [-0.15, -0.1) is 11.3 Å². The maximum Gasteiger partial charge on any atom is 0.273 e. The molecular formula is C16H19N3O4S2. The Balaban J connectivity index is 1.72. The number of aromatic nitrogens is 1. The Morgan fingerprint density at radius 1 is 1.24 bits per heavy atom. The summed E-state index contributed by atoms with van der Waals surface area (Å²) in [6.45, 7) is 2.99. The highest BCUT2D eigenvalue weighted by Gasteiger charge is 2.31. The predicted molar refractivity (Wildman–Crippen MR) is 94.5 cm³/mol. The van der Waals surface area contributed by atoms with E-state index in [0.29, 0.717) is 30.1 Å². The SMILES string of the molecule is COc1ccc(S(=O)(=O)N2CCN(C(=O)c3cscn3)CC2)c(C)c1. The Kier molecular flexibility index (Phi) is 5.07. The monoisotopic (exact) mass is 381 g/mol. The van der Waals surface area contributed by atoms with E-state index in [1.807, 2.05) is 0 Å². The number of rotatable bonds is 4. The largest absolute Gasteiger partial charge is 0.497 e. The van der Waals surface area contributed by atoms with Crippen LogP contribution in [0.3, 0.4) is 0 Å². The van der Waals surface area contributed by atoms with Gasteiger partial charge in [0.1, 0.15) is 11.4 Å². The number of hydrogen-bond donors (Lipinski definition) is 0. The van der Waals surface area contributed by atoms with Crippen LogP contribution in [0.4, 0.5) is 0 Å². The Morgan fingerprint density at radius 3 is 2.52 bits per heavy atom. The number of aryl methyl sites for hydroxylation is 1. The highest BCUT2D eigenvalue weighted by atomic mass is 32.2. The van der Waals surface area contributed by atoms with Crippen LogP contribution in [0.5, 0.6) is 5.75 Å². The molecule has 3 rings (SSSR count). The molecule has 0 saturated carbocycles. The van der Waals surface area contributed by atoms with Crippen LogP contribution >= 0.6 is 11.3 Å². The molecule has 1 aliphatic rings. The molecule has 0 radical (unpaired) electrons. The zero-order valence-corrected chi connectivity index (χ0v) is 15.6. The fraction of sp³-hybridized carbons (Fsp3) is 0.375. The summed E-state index contributed by atoms with van der Waals surface area (Å²) in [7, 11) is -2.05. The van der Waals surface area contributed by atoms with Gasteiger partial charge in [0, 0.05) is 31.6 Å². The lowest BCUT2D eigenvalue weighted by Crippen LogP contribution is -2.50. The standard InChI is InChI=1S/C16H19N3O4S2/c1-12-9-13(23-2)3-4-15(12)25(21,22)19-7-5-18(6-8-19)16(20)14-10-24-11-17-14/h3-4,9-11H,5-8H2,1-2H3. The second-order valence-electron chi connectivity index (χ2n) is 5.70. The minimum absolute atomic E-state index is 0.154. The van der Waals surface area contributed by atoms with E-state index in [2.05, 4.69) is 4.98 Å². The van der Waals surface area contributed by atoms with Crippen LogP contribution < -0.4 is 4.74 Å².